The molecule has 1 aromatic carbocycles. The van der Waals surface area contributed by atoms with Crippen molar-refractivity contribution >= 4 is 10.9 Å². The number of fused-ring (bicyclic) bond motifs is 1. The number of aromatic nitrogens is 2. The number of hydrogen-bond acceptors (Lipinski definition) is 3. The van der Waals surface area contributed by atoms with Crippen LogP contribution in [0.15, 0.2) is 24.3 Å². The Morgan fingerprint density at radius 3 is 2.81 bits per heavy atom. The summed E-state index contributed by atoms with van der Waals surface area (Å²) in [6.07, 6.45) is 0.896. The van der Waals surface area contributed by atoms with E-state index < -0.39 is 0 Å². The van der Waals surface area contributed by atoms with E-state index in [2.05, 4.69) is 42.2 Å². The van der Waals surface area contributed by atoms with Gasteiger partial charge in [0.25, 0.3) is 0 Å². The molecule has 16 heavy (non-hydrogen) atoms. The predicted molar refractivity (Wildman–Crippen MR) is 66.2 cm³/mol. The molecule has 1 atom stereocenters. The van der Waals surface area contributed by atoms with Crippen molar-refractivity contribution in [1.82, 2.24) is 10.2 Å². The first-order valence-electron chi connectivity index (χ1n) is 5.62. The Morgan fingerprint density at radius 2 is 2.06 bits per heavy atom. The average Bonchev–Trinajstić information content (AvgIpc) is 2.28. The summed E-state index contributed by atoms with van der Waals surface area (Å²) in [5, 5.41) is 9.60. The van der Waals surface area contributed by atoms with Gasteiger partial charge >= 0.3 is 0 Å². The summed E-state index contributed by atoms with van der Waals surface area (Å²) in [6.45, 7) is 4.90. The van der Waals surface area contributed by atoms with E-state index in [4.69, 9.17) is 5.73 Å². The highest BCUT2D eigenvalue weighted by Gasteiger charge is 2.04. The molecule has 1 aromatic heterocycles. The predicted octanol–water partition coefficient (Wildman–Crippen LogP) is 2.08. The third kappa shape index (κ3) is 2.36. The lowest BCUT2D eigenvalue weighted by atomic mass is 10.0. The van der Waals surface area contributed by atoms with Gasteiger partial charge in [-0.25, -0.2) is 0 Å². The smallest absolute Gasteiger partial charge is 0.0930 e. The van der Waals surface area contributed by atoms with Crippen molar-refractivity contribution in [3.63, 3.8) is 0 Å². The van der Waals surface area contributed by atoms with Gasteiger partial charge in [-0.05, 0) is 44.0 Å². The molecule has 1 unspecified atom stereocenters. The molecule has 0 spiro atoms. The second kappa shape index (κ2) is 4.58. The van der Waals surface area contributed by atoms with Crippen LogP contribution in [-0.2, 0) is 6.42 Å². The normalized spacial score (nSPS) is 12.9. The van der Waals surface area contributed by atoms with Crippen LogP contribution in [0.25, 0.3) is 10.9 Å². The fourth-order valence-corrected chi connectivity index (χ4v) is 1.75. The maximum atomic E-state index is 5.61. The van der Waals surface area contributed by atoms with E-state index in [0.717, 1.165) is 23.0 Å². The molecule has 1 heterocycles. The fraction of sp³-hybridized carbons (Fsp3) is 0.385. The first-order valence-corrected chi connectivity index (χ1v) is 5.62. The Kier molecular flexibility index (Phi) is 3.15. The second-order valence-electron chi connectivity index (χ2n) is 4.44. The van der Waals surface area contributed by atoms with Crippen LogP contribution in [0.3, 0.4) is 0 Å². The molecule has 0 radical (unpaired) electrons. The summed E-state index contributed by atoms with van der Waals surface area (Å²) >= 11 is 0. The van der Waals surface area contributed by atoms with Crippen molar-refractivity contribution in [1.29, 1.82) is 0 Å². The number of hydrogen-bond donors (Lipinski definition) is 1. The summed E-state index contributed by atoms with van der Waals surface area (Å²) in [5.74, 6) is 0.455. The molecule has 3 nitrogen and oxygen atoms in total. The molecule has 3 heteroatoms. The van der Waals surface area contributed by atoms with Crippen molar-refractivity contribution < 1.29 is 0 Å². The molecule has 84 valence electrons. The van der Waals surface area contributed by atoms with Gasteiger partial charge in [-0.2, -0.15) is 10.2 Å². The van der Waals surface area contributed by atoms with Gasteiger partial charge in [-0.3, -0.25) is 0 Å². The molecule has 2 N–H and O–H groups in total. The Balaban J connectivity index is 2.35. The van der Waals surface area contributed by atoms with Gasteiger partial charge in [-0.1, -0.05) is 18.6 Å². The van der Waals surface area contributed by atoms with Crippen molar-refractivity contribution in [2.24, 2.45) is 11.7 Å². The minimum Gasteiger partial charge on any atom is -0.330 e. The van der Waals surface area contributed by atoms with E-state index in [0.29, 0.717) is 12.5 Å². The third-order valence-electron chi connectivity index (χ3n) is 2.75. The molecule has 0 amide bonds. The van der Waals surface area contributed by atoms with Crippen LogP contribution in [-0.4, -0.2) is 16.7 Å². The summed E-state index contributed by atoms with van der Waals surface area (Å²) in [5.41, 5.74) is 8.83. The molecular weight excluding hydrogens is 198 g/mol. The quantitative estimate of drug-likeness (QED) is 0.852. The average molecular weight is 215 g/mol. The number of nitrogens with zero attached hydrogens (tertiary/aromatic N) is 2. The molecule has 2 rings (SSSR count). The van der Waals surface area contributed by atoms with E-state index in [-0.39, 0.29) is 0 Å². The van der Waals surface area contributed by atoms with Crippen LogP contribution in [0.5, 0.6) is 0 Å². The van der Waals surface area contributed by atoms with E-state index in [1.807, 2.05) is 6.07 Å². The molecule has 2 aromatic rings. The van der Waals surface area contributed by atoms with E-state index in [1.54, 1.807) is 0 Å². The van der Waals surface area contributed by atoms with Crippen molar-refractivity contribution in [2.45, 2.75) is 20.3 Å². The molecule has 0 fully saturated rings. The molecule has 0 aliphatic carbocycles. The first kappa shape index (κ1) is 11.0. The fourth-order valence-electron chi connectivity index (χ4n) is 1.75. The monoisotopic (exact) mass is 215 g/mol. The van der Waals surface area contributed by atoms with Gasteiger partial charge in [0, 0.05) is 5.39 Å². The van der Waals surface area contributed by atoms with Crippen molar-refractivity contribution in [3.8, 4) is 0 Å². The van der Waals surface area contributed by atoms with E-state index in [9.17, 15) is 0 Å². The number of aryl methyl sites for hydroxylation is 1. The minimum atomic E-state index is 0.455. The molecule has 0 aliphatic rings. The first-order chi connectivity index (χ1) is 7.69. The van der Waals surface area contributed by atoms with Gasteiger partial charge in [0.1, 0.15) is 0 Å². The highest BCUT2D eigenvalue weighted by atomic mass is 15.1. The maximum absolute atomic E-state index is 5.61. The summed E-state index contributed by atoms with van der Waals surface area (Å²) in [4.78, 5) is 0. The van der Waals surface area contributed by atoms with Crippen LogP contribution in [0.4, 0.5) is 0 Å². The van der Waals surface area contributed by atoms with Gasteiger partial charge in [0.2, 0.25) is 0 Å². The molecule has 0 aliphatic heterocycles. The van der Waals surface area contributed by atoms with Crippen LogP contribution >= 0.6 is 0 Å². The number of nitrogens with two attached hydrogens (primary N) is 1. The molecule has 0 saturated heterocycles. The van der Waals surface area contributed by atoms with E-state index in [1.165, 1.54) is 5.56 Å². The lowest BCUT2D eigenvalue weighted by Crippen LogP contribution is -2.14. The molecule has 0 bridgehead atoms. The Morgan fingerprint density at radius 1 is 1.25 bits per heavy atom. The Labute approximate surface area is 95.7 Å². The van der Waals surface area contributed by atoms with Crippen LogP contribution in [0, 0.1) is 12.8 Å². The maximum Gasteiger partial charge on any atom is 0.0930 e. The topological polar surface area (TPSA) is 51.8 Å². The van der Waals surface area contributed by atoms with Gasteiger partial charge in [0.05, 0.1) is 11.2 Å². The summed E-state index contributed by atoms with van der Waals surface area (Å²) in [6, 6.07) is 8.31. The summed E-state index contributed by atoms with van der Waals surface area (Å²) in [7, 11) is 0. The Hall–Kier alpha value is -1.48. The Bertz CT molecular complexity index is 494. The SMILES string of the molecule is Cc1ccc2nnc(CC(C)CN)cc2c1. The standard InChI is InChI=1S/C13H17N3/c1-9-3-4-13-11(5-9)7-12(15-16-13)6-10(2)8-14/h3-5,7,10H,6,8,14H2,1-2H3. The lowest BCUT2D eigenvalue weighted by molar-refractivity contribution is 0.580. The van der Waals surface area contributed by atoms with Crippen molar-refractivity contribution in [3.05, 3.63) is 35.5 Å². The number of benzene rings is 1. The van der Waals surface area contributed by atoms with Crippen LogP contribution in [0.1, 0.15) is 18.2 Å². The number of rotatable bonds is 3. The zero-order chi connectivity index (χ0) is 11.5. The highest BCUT2D eigenvalue weighted by molar-refractivity contribution is 5.78. The van der Waals surface area contributed by atoms with Crippen LogP contribution < -0.4 is 5.73 Å². The van der Waals surface area contributed by atoms with Gasteiger partial charge < -0.3 is 5.73 Å². The van der Waals surface area contributed by atoms with Gasteiger partial charge in [0.15, 0.2) is 0 Å². The van der Waals surface area contributed by atoms with E-state index >= 15 is 0 Å². The second-order valence-corrected chi connectivity index (χ2v) is 4.44. The lowest BCUT2D eigenvalue weighted by Gasteiger charge is -2.07. The largest absolute Gasteiger partial charge is 0.330 e. The molecule has 0 saturated carbocycles. The zero-order valence-electron chi connectivity index (χ0n) is 9.77. The van der Waals surface area contributed by atoms with Crippen molar-refractivity contribution in [2.75, 3.05) is 6.54 Å². The summed E-state index contributed by atoms with van der Waals surface area (Å²) < 4.78 is 0. The van der Waals surface area contributed by atoms with Gasteiger partial charge in [-0.15, -0.1) is 0 Å². The third-order valence-corrected chi connectivity index (χ3v) is 2.75. The van der Waals surface area contributed by atoms with Crippen LogP contribution in [0.2, 0.25) is 0 Å². The molecular formula is C13H17N3. The highest BCUT2D eigenvalue weighted by Crippen LogP contribution is 2.15. The zero-order valence-corrected chi connectivity index (χ0v) is 9.77. The minimum absolute atomic E-state index is 0.455.